The average molecular weight is 396 g/mol. The fourth-order valence-electron chi connectivity index (χ4n) is 2.35. The number of amides is 1. The summed E-state index contributed by atoms with van der Waals surface area (Å²) in [6, 6.07) is 5.97. The molecule has 0 saturated heterocycles. The Hall–Kier alpha value is -1.86. The van der Waals surface area contributed by atoms with Crippen molar-refractivity contribution in [3.63, 3.8) is 0 Å². The van der Waals surface area contributed by atoms with Crippen molar-refractivity contribution in [1.29, 1.82) is 0 Å². The number of carbonyl (C=O) groups is 2. The van der Waals surface area contributed by atoms with Crippen LogP contribution in [0.2, 0.25) is 0 Å². The van der Waals surface area contributed by atoms with Crippen LogP contribution in [0.5, 0.6) is 0 Å². The van der Waals surface area contributed by atoms with Gasteiger partial charge in [-0.15, -0.1) is 23.1 Å². The highest BCUT2D eigenvalue weighted by Gasteiger charge is 2.22. The maximum absolute atomic E-state index is 12.9. The van der Waals surface area contributed by atoms with Crippen LogP contribution in [0.4, 0.5) is 9.39 Å². The predicted octanol–water partition coefficient (Wildman–Crippen LogP) is 4.99. The van der Waals surface area contributed by atoms with Gasteiger partial charge >= 0.3 is 5.97 Å². The summed E-state index contributed by atoms with van der Waals surface area (Å²) in [7, 11) is 0. The second-order valence-corrected chi connectivity index (χ2v) is 8.00. The number of hydrogen-bond acceptors (Lipinski definition) is 5. The number of rotatable bonds is 8. The Bertz CT molecular complexity index is 757. The molecule has 2 aromatic rings. The van der Waals surface area contributed by atoms with Crippen molar-refractivity contribution >= 4 is 40.0 Å². The molecule has 1 aromatic heterocycles. The van der Waals surface area contributed by atoms with Gasteiger partial charge in [-0.3, -0.25) is 4.79 Å². The quantitative estimate of drug-likeness (QED) is 0.505. The maximum Gasteiger partial charge on any atom is 0.341 e. The lowest BCUT2D eigenvalue weighted by Gasteiger charge is -2.10. The molecule has 0 unspecified atom stereocenters. The number of carbonyl (C=O) groups excluding carboxylic acids is 2. The standard InChI is InChI=1S/C19H22FNO3S2/c1-4-24-19(23)17-13(9-12(2)3)10-26-18(17)21-16(22)11-25-15-7-5-14(20)6-8-15/h5-8,10,12H,4,9,11H2,1-3H3,(H,21,22). The van der Waals surface area contributed by atoms with E-state index in [1.54, 1.807) is 19.1 Å². The van der Waals surface area contributed by atoms with E-state index in [0.717, 1.165) is 16.9 Å². The lowest BCUT2D eigenvalue weighted by atomic mass is 10.0. The third-order valence-electron chi connectivity index (χ3n) is 3.41. The van der Waals surface area contributed by atoms with Gasteiger partial charge in [-0.25, -0.2) is 9.18 Å². The van der Waals surface area contributed by atoms with E-state index in [-0.39, 0.29) is 24.1 Å². The van der Waals surface area contributed by atoms with Gasteiger partial charge in [0.15, 0.2) is 0 Å². The zero-order chi connectivity index (χ0) is 19.1. The van der Waals surface area contributed by atoms with Crippen LogP contribution in [-0.2, 0) is 16.0 Å². The molecule has 0 spiro atoms. The molecule has 0 atom stereocenters. The van der Waals surface area contributed by atoms with E-state index in [4.69, 9.17) is 4.74 Å². The van der Waals surface area contributed by atoms with E-state index in [9.17, 15) is 14.0 Å². The fraction of sp³-hybridized carbons (Fsp3) is 0.368. The Morgan fingerprint density at radius 3 is 2.58 bits per heavy atom. The number of thioether (sulfide) groups is 1. The first-order valence-corrected chi connectivity index (χ1v) is 10.2. The summed E-state index contributed by atoms with van der Waals surface area (Å²) in [5, 5.41) is 5.22. The van der Waals surface area contributed by atoms with Gasteiger partial charge in [-0.1, -0.05) is 13.8 Å². The minimum atomic E-state index is -0.411. The Labute approximate surface area is 161 Å². The first-order valence-electron chi connectivity index (χ1n) is 8.36. The van der Waals surface area contributed by atoms with Gasteiger partial charge in [0.2, 0.25) is 5.91 Å². The molecule has 0 aliphatic heterocycles. The number of esters is 1. The van der Waals surface area contributed by atoms with Crippen LogP contribution in [0, 0.1) is 11.7 Å². The average Bonchev–Trinajstić information content (AvgIpc) is 2.96. The van der Waals surface area contributed by atoms with Crippen molar-refractivity contribution in [1.82, 2.24) is 0 Å². The van der Waals surface area contributed by atoms with Gasteiger partial charge < -0.3 is 10.1 Å². The lowest BCUT2D eigenvalue weighted by molar-refractivity contribution is -0.113. The highest BCUT2D eigenvalue weighted by atomic mass is 32.2. The normalized spacial score (nSPS) is 10.8. The van der Waals surface area contributed by atoms with E-state index < -0.39 is 5.97 Å². The first kappa shape index (κ1) is 20.5. The lowest BCUT2D eigenvalue weighted by Crippen LogP contribution is -2.17. The summed E-state index contributed by atoms with van der Waals surface area (Å²) in [4.78, 5) is 25.4. The van der Waals surface area contributed by atoms with Crippen LogP contribution in [0.25, 0.3) is 0 Å². The van der Waals surface area contributed by atoms with Gasteiger partial charge in [0.1, 0.15) is 10.8 Å². The maximum atomic E-state index is 12.9. The van der Waals surface area contributed by atoms with Crippen LogP contribution in [0.15, 0.2) is 34.5 Å². The molecule has 0 bridgehead atoms. The molecule has 7 heteroatoms. The van der Waals surface area contributed by atoms with Gasteiger partial charge in [0, 0.05) is 4.90 Å². The SMILES string of the molecule is CCOC(=O)c1c(CC(C)C)csc1NC(=O)CSc1ccc(F)cc1. The fourth-order valence-corrected chi connectivity index (χ4v) is 4.02. The Balaban J connectivity index is 2.06. The number of benzene rings is 1. The molecular formula is C19H22FNO3S2. The molecule has 26 heavy (non-hydrogen) atoms. The number of hydrogen-bond donors (Lipinski definition) is 1. The van der Waals surface area contributed by atoms with Crippen LogP contribution < -0.4 is 5.32 Å². The smallest absolute Gasteiger partial charge is 0.341 e. The summed E-state index contributed by atoms with van der Waals surface area (Å²) in [5.41, 5.74) is 1.34. The topological polar surface area (TPSA) is 55.4 Å². The van der Waals surface area contributed by atoms with E-state index in [1.807, 2.05) is 5.38 Å². The molecule has 4 nitrogen and oxygen atoms in total. The van der Waals surface area contributed by atoms with Gasteiger partial charge in [-0.2, -0.15) is 0 Å². The third-order valence-corrected chi connectivity index (χ3v) is 5.37. The van der Waals surface area contributed by atoms with Crippen molar-refractivity contribution < 1.29 is 18.7 Å². The summed E-state index contributed by atoms with van der Waals surface area (Å²) in [6.45, 7) is 6.18. The highest BCUT2D eigenvalue weighted by Crippen LogP contribution is 2.31. The predicted molar refractivity (Wildman–Crippen MR) is 105 cm³/mol. The van der Waals surface area contributed by atoms with Crippen LogP contribution in [-0.4, -0.2) is 24.2 Å². The van der Waals surface area contributed by atoms with Crippen LogP contribution in [0.1, 0.15) is 36.7 Å². The monoisotopic (exact) mass is 395 g/mol. The van der Waals surface area contributed by atoms with Crippen molar-refractivity contribution in [2.45, 2.75) is 32.1 Å². The van der Waals surface area contributed by atoms with Crippen molar-refractivity contribution in [2.24, 2.45) is 5.92 Å². The van der Waals surface area contributed by atoms with Crippen molar-refractivity contribution in [2.75, 3.05) is 17.7 Å². The molecule has 0 fully saturated rings. The second kappa shape index (κ2) is 9.73. The highest BCUT2D eigenvalue weighted by molar-refractivity contribution is 8.00. The Morgan fingerprint density at radius 1 is 1.27 bits per heavy atom. The molecule has 1 amide bonds. The zero-order valence-electron chi connectivity index (χ0n) is 15.0. The molecule has 0 saturated carbocycles. The number of nitrogens with one attached hydrogen (secondary N) is 1. The van der Waals surface area contributed by atoms with Gasteiger partial charge in [0.05, 0.1) is 17.9 Å². The molecule has 0 aliphatic rings. The Morgan fingerprint density at radius 2 is 1.96 bits per heavy atom. The van der Waals surface area contributed by atoms with E-state index in [2.05, 4.69) is 19.2 Å². The summed E-state index contributed by atoms with van der Waals surface area (Å²) in [6.07, 6.45) is 0.741. The van der Waals surface area contributed by atoms with E-state index in [0.29, 0.717) is 16.5 Å². The van der Waals surface area contributed by atoms with Crippen LogP contribution >= 0.6 is 23.1 Å². The molecule has 1 N–H and O–H groups in total. The summed E-state index contributed by atoms with van der Waals surface area (Å²) in [5.74, 6) is -0.385. The molecule has 1 heterocycles. The minimum Gasteiger partial charge on any atom is -0.462 e. The first-order chi connectivity index (χ1) is 12.4. The summed E-state index contributed by atoms with van der Waals surface area (Å²) < 4.78 is 18.1. The molecule has 2 rings (SSSR count). The largest absolute Gasteiger partial charge is 0.462 e. The van der Waals surface area contributed by atoms with Crippen molar-refractivity contribution in [3.8, 4) is 0 Å². The molecule has 1 aromatic carbocycles. The number of halogens is 1. The number of thiophene rings is 1. The molecule has 140 valence electrons. The third kappa shape index (κ3) is 5.85. The molecule has 0 aliphatic carbocycles. The number of anilines is 1. The second-order valence-electron chi connectivity index (χ2n) is 6.07. The Kier molecular flexibility index (Phi) is 7.66. The van der Waals surface area contributed by atoms with Gasteiger partial charge in [0.25, 0.3) is 0 Å². The molecular weight excluding hydrogens is 373 g/mol. The van der Waals surface area contributed by atoms with Crippen LogP contribution in [0.3, 0.4) is 0 Å². The van der Waals surface area contributed by atoms with Gasteiger partial charge in [-0.05, 0) is 54.5 Å². The van der Waals surface area contributed by atoms with Crippen molar-refractivity contribution in [3.05, 3.63) is 46.6 Å². The minimum absolute atomic E-state index is 0.172. The zero-order valence-corrected chi connectivity index (χ0v) is 16.6. The van der Waals surface area contributed by atoms with E-state index in [1.165, 1.54) is 35.2 Å². The summed E-state index contributed by atoms with van der Waals surface area (Å²) >= 11 is 2.64. The van der Waals surface area contributed by atoms with E-state index >= 15 is 0 Å². The molecule has 0 radical (unpaired) electrons. The number of ether oxygens (including phenoxy) is 1.